The molecule has 0 atom stereocenters. The summed E-state index contributed by atoms with van der Waals surface area (Å²) in [5.74, 6) is -0.110. The molecule has 4 aromatic heterocycles. The van der Waals surface area contributed by atoms with Crippen LogP contribution in [0.1, 0.15) is 30.2 Å². The van der Waals surface area contributed by atoms with Crippen molar-refractivity contribution in [1.29, 1.82) is 0 Å². The lowest BCUT2D eigenvalue weighted by molar-refractivity contribution is -0.694. The highest BCUT2D eigenvalue weighted by atomic mass is 16.1. The van der Waals surface area contributed by atoms with Crippen LogP contribution in [0.5, 0.6) is 0 Å². The Hall–Kier alpha value is -3.68. The molecule has 0 unspecified atom stereocenters. The third kappa shape index (κ3) is 3.89. The van der Waals surface area contributed by atoms with Gasteiger partial charge in [-0.3, -0.25) is 13.9 Å². The second-order valence-electron chi connectivity index (χ2n) is 7.37. The summed E-state index contributed by atoms with van der Waals surface area (Å²) in [6.45, 7) is 5.43. The fourth-order valence-corrected chi connectivity index (χ4v) is 3.41. The van der Waals surface area contributed by atoms with Gasteiger partial charge in [0.15, 0.2) is 18.9 Å². The van der Waals surface area contributed by atoms with Crippen LogP contribution in [0.25, 0.3) is 17.0 Å². The molecule has 0 radical (unpaired) electrons. The van der Waals surface area contributed by atoms with Gasteiger partial charge in [0.05, 0.1) is 24.1 Å². The van der Waals surface area contributed by atoms with Crippen molar-refractivity contribution in [2.75, 3.05) is 18.9 Å². The number of nitrogens with one attached hydrogen (secondary N) is 2. The lowest BCUT2D eigenvalue weighted by Gasteiger charge is -2.11. The van der Waals surface area contributed by atoms with Gasteiger partial charge < -0.3 is 10.6 Å². The van der Waals surface area contributed by atoms with Crippen LogP contribution in [0.15, 0.2) is 61.3 Å². The van der Waals surface area contributed by atoms with Gasteiger partial charge in [0.1, 0.15) is 5.65 Å². The number of hydrogen-bond acceptors (Lipinski definition) is 4. The maximum Gasteiger partial charge on any atom is 0.251 e. The number of pyridine rings is 2. The molecule has 0 fully saturated rings. The van der Waals surface area contributed by atoms with E-state index < -0.39 is 0 Å². The van der Waals surface area contributed by atoms with E-state index in [2.05, 4.69) is 34.6 Å². The molecule has 154 valence electrons. The van der Waals surface area contributed by atoms with E-state index in [1.54, 1.807) is 6.20 Å². The van der Waals surface area contributed by atoms with E-state index in [0.717, 1.165) is 22.7 Å². The minimum Gasteiger partial charge on any atom is -0.388 e. The number of anilines is 1. The van der Waals surface area contributed by atoms with Crippen LogP contribution in [0, 0.1) is 0 Å². The Morgan fingerprint density at radius 3 is 2.70 bits per heavy atom. The maximum atomic E-state index is 12.6. The molecule has 0 aliphatic rings. The first-order chi connectivity index (χ1) is 14.6. The summed E-state index contributed by atoms with van der Waals surface area (Å²) in [6.07, 6.45) is 9.46. The van der Waals surface area contributed by atoms with E-state index in [1.807, 2.05) is 75.8 Å². The summed E-state index contributed by atoms with van der Waals surface area (Å²) in [6, 6.07) is 9.85. The summed E-state index contributed by atoms with van der Waals surface area (Å²) >= 11 is 0. The van der Waals surface area contributed by atoms with E-state index in [0.29, 0.717) is 18.7 Å². The fraction of sp³-hybridized carbons (Fsp3) is 0.273. The molecule has 0 bridgehead atoms. The zero-order chi connectivity index (χ0) is 21.1. The Balaban J connectivity index is 1.45. The van der Waals surface area contributed by atoms with Gasteiger partial charge in [0, 0.05) is 48.9 Å². The molecule has 8 nitrogen and oxygen atoms in total. The summed E-state index contributed by atoms with van der Waals surface area (Å²) in [5, 5.41) is 10.5. The standard InChI is InChI=1S/C22H25N7O/c1-16(2)29-19(4-8-26-29)20-15-25-21-14-17(5-12-28(20)21)22(30)24-9-13-27-10-6-18(23-3)7-11-27/h4-8,10-12,14-16H,9,13H2,1-3H3,(H,24,30)/p+1. The SMILES string of the molecule is CNc1cc[n+](CCNC(=O)c2ccn3c(-c4ccnn4C(C)C)cnc3c2)cc1. The monoisotopic (exact) mass is 404 g/mol. The van der Waals surface area contributed by atoms with Crippen LogP contribution >= 0.6 is 0 Å². The van der Waals surface area contributed by atoms with Gasteiger partial charge >= 0.3 is 0 Å². The first kappa shape index (κ1) is 19.6. The van der Waals surface area contributed by atoms with Crippen molar-refractivity contribution in [3.63, 3.8) is 0 Å². The molecule has 1 amide bonds. The van der Waals surface area contributed by atoms with Gasteiger partial charge in [-0.15, -0.1) is 0 Å². The van der Waals surface area contributed by atoms with Gasteiger partial charge in [-0.05, 0) is 32.0 Å². The minimum atomic E-state index is -0.110. The number of fused-ring (bicyclic) bond motifs is 1. The van der Waals surface area contributed by atoms with E-state index in [4.69, 9.17) is 0 Å². The van der Waals surface area contributed by atoms with Crippen molar-refractivity contribution in [2.24, 2.45) is 0 Å². The van der Waals surface area contributed by atoms with Crippen molar-refractivity contribution >= 4 is 17.2 Å². The van der Waals surface area contributed by atoms with Gasteiger partial charge in [0.25, 0.3) is 5.91 Å². The minimum absolute atomic E-state index is 0.110. The van der Waals surface area contributed by atoms with E-state index in [-0.39, 0.29) is 11.9 Å². The van der Waals surface area contributed by atoms with Gasteiger partial charge in [0.2, 0.25) is 0 Å². The first-order valence-electron chi connectivity index (χ1n) is 10.0. The summed E-state index contributed by atoms with van der Waals surface area (Å²) in [4.78, 5) is 17.1. The number of hydrogen-bond donors (Lipinski definition) is 2. The highest BCUT2D eigenvalue weighted by molar-refractivity contribution is 5.95. The molecule has 0 aromatic carbocycles. The predicted molar refractivity (Wildman–Crippen MR) is 115 cm³/mol. The summed E-state index contributed by atoms with van der Waals surface area (Å²) in [5.41, 5.74) is 4.32. The Morgan fingerprint density at radius 2 is 1.97 bits per heavy atom. The molecular weight excluding hydrogens is 378 g/mol. The number of imidazole rings is 1. The van der Waals surface area contributed by atoms with E-state index >= 15 is 0 Å². The quantitative estimate of drug-likeness (QED) is 0.464. The lowest BCUT2D eigenvalue weighted by Crippen LogP contribution is -2.40. The number of nitrogens with zero attached hydrogens (tertiary/aromatic N) is 5. The molecule has 4 aromatic rings. The maximum absolute atomic E-state index is 12.6. The van der Waals surface area contributed by atoms with Crippen LogP contribution in [0.3, 0.4) is 0 Å². The number of rotatable bonds is 7. The average Bonchev–Trinajstić information content (AvgIpc) is 3.40. The van der Waals surface area contributed by atoms with Crippen molar-refractivity contribution in [3.05, 3.63) is 66.9 Å². The van der Waals surface area contributed by atoms with Crippen molar-refractivity contribution < 1.29 is 9.36 Å². The van der Waals surface area contributed by atoms with E-state index in [1.165, 1.54) is 0 Å². The second-order valence-corrected chi connectivity index (χ2v) is 7.37. The normalized spacial score (nSPS) is 11.2. The fourth-order valence-electron chi connectivity index (χ4n) is 3.41. The van der Waals surface area contributed by atoms with Crippen LogP contribution in [0.4, 0.5) is 5.69 Å². The first-order valence-corrected chi connectivity index (χ1v) is 10.0. The molecule has 4 heterocycles. The average molecular weight is 404 g/mol. The molecule has 0 saturated carbocycles. The van der Waals surface area contributed by atoms with Crippen molar-refractivity contribution in [1.82, 2.24) is 24.5 Å². The van der Waals surface area contributed by atoms with Crippen LogP contribution in [0.2, 0.25) is 0 Å². The van der Waals surface area contributed by atoms with Gasteiger partial charge in [-0.1, -0.05) is 0 Å². The number of carbonyl (C=O) groups is 1. The molecular formula is C22H26N7O+. The Kier molecular flexibility index (Phi) is 5.47. The molecule has 2 N–H and O–H groups in total. The Labute approximate surface area is 175 Å². The Bertz CT molecular complexity index is 1160. The molecule has 4 rings (SSSR count). The third-order valence-electron chi connectivity index (χ3n) is 5.03. The van der Waals surface area contributed by atoms with Crippen LogP contribution in [-0.4, -0.2) is 38.7 Å². The van der Waals surface area contributed by atoms with Crippen molar-refractivity contribution in [2.45, 2.75) is 26.4 Å². The number of amides is 1. The largest absolute Gasteiger partial charge is 0.388 e. The molecule has 0 spiro atoms. The molecule has 30 heavy (non-hydrogen) atoms. The predicted octanol–water partition coefficient (Wildman–Crippen LogP) is 2.54. The Morgan fingerprint density at radius 1 is 1.17 bits per heavy atom. The highest BCUT2D eigenvalue weighted by Crippen LogP contribution is 2.23. The topological polar surface area (TPSA) is 80.1 Å². The number of aromatic nitrogens is 5. The molecule has 0 saturated heterocycles. The van der Waals surface area contributed by atoms with Crippen molar-refractivity contribution in [3.8, 4) is 11.4 Å². The van der Waals surface area contributed by atoms with Gasteiger partial charge in [-0.25, -0.2) is 9.55 Å². The molecule has 0 aliphatic heterocycles. The lowest BCUT2D eigenvalue weighted by atomic mass is 10.2. The van der Waals surface area contributed by atoms with E-state index in [9.17, 15) is 4.79 Å². The highest BCUT2D eigenvalue weighted by Gasteiger charge is 2.14. The van der Waals surface area contributed by atoms with Gasteiger partial charge in [-0.2, -0.15) is 5.10 Å². The summed E-state index contributed by atoms with van der Waals surface area (Å²) < 4.78 is 5.97. The zero-order valence-corrected chi connectivity index (χ0v) is 17.4. The number of carbonyl (C=O) groups excluding carboxylic acids is 1. The molecule has 0 aliphatic carbocycles. The molecule has 8 heteroatoms. The third-order valence-corrected chi connectivity index (χ3v) is 5.03. The smallest absolute Gasteiger partial charge is 0.251 e. The second kappa shape index (κ2) is 8.36. The van der Waals surface area contributed by atoms with Crippen LogP contribution in [-0.2, 0) is 6.54 Å². The summed E-state index contributed by atoms with van der Waals surface area (Å²) in [7, 11) is 1.89. The zero-order valence-electron chi connectivity index (χ0n) is 17.4. The van der Waals surface area contributed by atoms with Crippen LogP contribution < -0.4 is 15.2 Å².